The summed E-state index contributed by atoms with van der Waals surface area (Å²) in [4.78, 5) is 26.7. The molecule has 2 fully saturated rings. The Kier molecular flexibility index (Phi) is 7.89. The fourth-order valence-electron chi connectivity index (χ4n) is 3.79. The molecular weight excluding hydrogens is 330 g/mol. The molecule has 0 spiro atoms. The maximum absolute atomic E-state index is 12.3. The van der Waals surface area contributed by atoms with E-state index >= 15 is 0 Å². The third-order valence-corrected chi connectivity index (χ3v) is 5.61. The smallest absolute Gasteiger partial charge is 0.225 e. The summed E-state index contributed by atoms with van der Waals surface area (Å²) in [6.45, 7) is 10.8. The van der Waals surface area contributed by atoms with Gasteiger partial charge in [-0.1, -0.05) is 27.2 Å². The first-order chi connectivity index (χ1) is 12.3. The molecule has 0 radical (unpaired) electrons. The van der Waals surface area contributed by atoms with Gasteiger partial charge in [-0.15, -0.1) is 0 Å². The van der Waals surface area contributed by atoms with E-state index in [0.29, 0.717) is 25.9 Å². The van der Waals surface area contributed by atoms with Crippen LogP contribution < -0.4 is 10.6 Å². The van der Waals surface area contributed by atoms with Crippen LogP contribution in [0.5, 0.6) is 0 Å². The first kappa shape index (κ1) is 21.2. The lowest BCUT2D eigenvalue weighted by Gasteiger charge is -2.48. The minimum absolute atomic E-state index is 0.0316. The quantitative estimate of drug-likeness (QED) is 0.676. The van der Waals surface area contributed by atoms with Crippen LogP contribution in [0.3, 0.4) is 0 Å². The molecule has 0 unspecified atom stereocenters. The van der Waals surface area contributed by atoms with Crippen LogP contribution in [0.25, 0.3) is 0 Å². The Labute approximate surface area is 158 Å². The van der Waals surface area contributed by atoms with Crippen molar-refractivity contribution in [1.82, 2.24) is 15.5 Å². The maximum atomic E-state index is 12.3. The van der Waals surface area contributed by atoms with E-state index in [2.05, 4.69) is 15.5 Å². The van der Waals surface area contributed by atoms with E-state index in [4.69, 9.17) is 4.74 Å². The highest BCUT2D eigenvalue weighted by atomic mass is 16.5. The Morgan fingerprint density at radius 3 is 2.31 bits per heavy atom. The highest BCUT2D eigenvalue weighted by Gasteiger charge is 2.39. The molecule has 0 aliphatic carbocycles. The fraction of sp³-hybridized carbons (Fsp3) is 0.900. The number of carbonyl (C=O) groups is 2. The normalized spacial score (nSPS) is 21.2. The molecule has 0 atom stereocenters. The van der Waals surface area contributed by atoms with Crippen molar-refractivity contribution in [2.24, 2.45) is 5.41 Å². The summed E-state index contributed by atoms with van der Waals surface area (Å²) in [7, 11) is 0. The largest absolute Gasteiger partial charge is 0.381 e. The molecule has 0 saturated carbocycles. The third kappa shape index (κ3) is 6.23. The van der Waals surface area contributed by atoms with Gasteiger partial charge in [0.2, 0.25) is 11.8 Å². The fourth-order valence-corrected chi connectivity index (χ4v) is 3.79. The van der Waals surface area contributed by atoms with Crippen molar-refractivity contribution in [1.29, 1.82) is 0 Å². The predicted molar refractivity (Wildman–Crippen MR) is 103 cm³/mol. The molecule has 0 bridgehead atoms. The highest BCUT2D eigenvalue weighted by molar-refractivity contribution is 5.81. The zero-order valence-electron chi connectivity index (χ0n) is 16.9. The number of carbonyl (C=O) groups excluding carboxylic acids is 2. The van der Waals surface area contributed by atoms with E-state index in [-0.39, 0.29) is 22.8 Å². The Balaban J connectivity index is 1.74. The number of nitrogens with one attached hydrogen (secondary N) is 2. The van der Waals surface area contributed by atoms with Gasteiger partial charge in [0.15, 0.2) is 0 Å². The van der Waals surface area contributed by atoms with E-state index in [9.17, 15) is 9.59 Å². The molecule has 26 heavy (non-hydrogen) atoms. The number of likely N-dealkylation sites (tertiary alicyclic amines) is 1. The Morgan fingerprint density at radius 2 is 1.69 bits per heavy atom. The molecule has 6 heteroatoms. The van der Waals surface area contributed by atoms with Crippen LogP contribution in [0.15, 0.2) is 0 Å². The molecule has 2 aliphatic rings. The first-order valence-electron chi connectivity index (χ1n) is 10.2. The SMILES string of the molecule is CC(C)(C)C(=O)NCCCC(=O)NCC1(N2CCCCC2)CCOCC1. The Bertz CT molecular complexity index is 461. The van der Waals surface area contributed by atoms with Gasteiger partial charge in [-0.05, 0) is 45.2 Å². The van der Waals surface area contributed by atoms with E-state index in [0.717, 1.165) is 39.1 Å². The zero-order valence-corrected chi connectivity index (χ0v) is 16.9. The molecule has 0 aromatic carbocycles. The summed E-state index contributed by atoms with van der Waals surface area (Å²) in [6, 6.07) is 0. The van der Waals surface area contributed by atoms with Crippen LogP contribution in [0.2, 0.25) is 0 Å². The predicted octanol–water partition coefficient (Wildman–Crippen LogP) is 2.08. The Morgan fingerprint density at radius 1 is 1.04 bits per heavy atom. The molecule has 2 amide bonds. The van der Waals surface area contributed by atoms with Crippen molar-refractivity contribution < 1.29 is 14.3 Å². The van der Waals surface area contributed by atoms with E-state index in [1.807, 2.05) is 20.8 Å². The van der Waals surface area contributed by atoms with Crippen LogP contribution >= 0.6 is 0 Å². The summed E-state index contributed by atoms with van der Waals surface area (Å²) in [5, 5.41) is 6.06. The average molecular weight is 368 g/mol. The van der Waals surface area contributed by atoms with Crippen LogP contribution in [0.1, 0.15) is 65.7 Å². The summed E-state index contributed by atoms with van der Waals surface area (Å²) < 4.78 is 5.57. The van der Waals surface area contributed by atoms with E-state index in [1.54, 1.807) is 0 Å². The molecule has 0 aromatic heterocycles. The molecule has 2 rings (SSSR count). The van der Waals surface area contributed by atoms with Crippen LogP contribution in [0, 0.1) is 5.41 Å². The van der Waals surface area contributed by atoms with Crippen molar-refractivity contribution in [3.8, 4) is 0 Å². The molecule has 2 saturated heterocycles. The van der Waals surface area contributed by atoms with Gasteiger partial charge < -0.3 is 15.4 Å². The number of nitrogens with zero attached hydrogens (tertiary/aromatic N) is 1. The summed E-state index contributed by atoms with van der Waals surface area (Å²) in [5.41, 5.74) is -0.319. The van der Waals surface area contributed by atoms with Crippen molar-refractivity contribution in [2.75, 3.05) is 39.4 Å². The second kappa shape index (κ2) is 9.70. The molecule has 150 valence electrons. The molecule has 6 nitrogen and oxygen atoms in total. The highest BCUT2D eigenvalue weighted by Crippen LogP contribution is 2.30. The lowest BCUT2D eigenvalue weighted by atomic mass is 9.86. The standard InChI is InChI=1S/C20H37N3O3/c1-19(2,3)18(25)21-11-7-8-17(24)22-16-20(9-14-26-15-10-20)23-12-5-4-6-13-23/h4-16H2,1-3H3,(H,21,25)(H,22,24). The van der Waals surface area contributed by atoms with Crippen LogP contribution in [-0.2, 0) is 14.3 Å². The number of rotatable bonds is 7. The van der Waals surface area contributed by atoms with Gasteiger partial charge in [0.25, 0.3) is 0 Å². The Hall–Kier alpha value is -1.14. The van der Waals surface area contributed by atoms with Crippen molar-refractivity contribution in [3.63, 3.8) is 0 Å². The molecule has 2 heterocycles. The monoisotopic (exact) mass is 367 g/mol. The van der Waals surface area contributed by atoms with Gasteiger partial charge in [0.05, 0.1) is 0 Å². The number of piperidine rings is 1. The third-order valence-electron chi connectivity index (χ3n) is 5.61. The molecular formula is C20H37N3O3. The van der Waals surface area contributed by atoms with Gasteiger partial charge in [-0.2, -0.15) is 0 Å². The average Bonchev–Trinajstić information content (AvgIpc) is 2.64. The molecule has 0 aromatic rings. The van der Waals surface area contributed by atoms with Gasteiger partial charge in [-0.25, -0.2) is 0 Å². The first-order valence-corrected chi connectivity index (χ1v) is 10.2. The summed E-state index contributed by atoms with van der Waals surface area (Å²) in [6.07, 6.45) is 6.94. The minimum atomic E-state index is -0.383. The van der Waals surface area contributed by atoms with Crippen LogP contribution in [-0.4, -0.2) is 61.6 Å². The van der Waals surface area contributed by atoms with Gasteiger partial charge in [0.1, 0.15) is 0 Å². The van der Waals surface area contributed by atoms with Crippen molar-refractivity contribution in [3.05, 3.63) is 0 Å². The minimum Gasteiger partial charge on any atom is -0.381 e. The van der Waals surface area contributed by atoms with E-state index in [1.165, 1.54) is 19.3 Å². The van der Waals surface area contributed by atoms with E-state index < -0.39 is 0 Å². The molecule has 2 aliphatic heterocycles. The van der Waals surface area contributed by atoms with Gasteiger partial charge in [0, 0.05) is 43.7 Å². The van der Waals surface area contributed by atoms with Gasteiger partial charge in [-0.3, -0.25) is 14.5 Å². The zero-order chi connectivity index (χ0) is 19.0. The topological polar surface area (TPSA) is 70.7 Å². The number of amides is 2. The summed E-state index contributed by atoms with van der Waals surface area (Å²) >= 11 is 0. The lowest BCUT2D eigenvalue weighted by Crippen LogP contribution is -2.59. The van der Waals surface area contributed by atoms with Crippen LogP contribution in [0.4, 0.5) is 0 Å². The maximum Gasteiger partial charge on any atom is 0.225 e. The number of ether oxygens (including phenoxy) is 1. The summed E-state index contributed by atoms with van der Waals surface area (Å²) in [5.74, 6) is 0.113. The number of hydrogen-bond acceptors (Lipinski definition) is 4. The number of hydrogen-bond donors (Lipinski definition) is 2. The second-order valence-electron chi connectivity index (χ2n) is 8.77. The van der Waals surface area contributed by atoms with Crippen molar-refractivity contribution >= 4 is 11.8 Å². The van der Waals surface area contributed by atoms with Gasteiger partial charge >= 0.3 is 0 Å². The lowest BCUT2D eigenvalue weighted by molar-refractivity contribution is -0.128. The second-order valence-corrected chi connectivity index (χ2v) is 8.77. The van der Waals surface area contributed by atoms with Crippen molar-refractivity contribution in [2.45, 2.75) is 71.3 Å². The molecule has 2 N–H and O–H groups in total.